The van der Waals surface area contributed by atoms with Crippen molar-refractivity contribution in [2.24, 2.45) is 5.16 Å². The molecule has 126 valence electrons. The molecular weight excluding hydrogens is 310 g/mol. The normalized spacial score (nSPS) is 15.1. The standard InChI is InChI=1S/C17H19N3O4/c21-17(22)11-24-19-16-3-1-2-13-10-14(4-5-15(13)16)23-9-8-20-7-6-18-12-20/h4-7,10,12H,1-3,8-9,11H2,(H,21,22)/b19-16-. The minimum absolute atomic E-state index is 0.422. The number of carbonyl (C=O) groups is 1. The van der Waals surface area contributed by atoms with Gasteiger partial charge in [-0.2, -0.15) is 0 Å². The second-order valence-electron chi connectivity index (χ2n) is 5.53. The Labute approximate surface area is 139 Å². The van der Waals surface area contributed by atoms with Crippen molar-refractivity contribution in [1.29, 1.82) is 0 Å². The van der Waals surface area contributed by atoms with Crippen LogP contribution in [-0.4, -0.2) is 39.6 Å². The molecule has 1 aliphatic rings. The fourth-order valence-corrected chi connectivity index (χ4v) is 2.68. The van der Waals surface area contributed by atoms with Crippen molar-refractivity contribution >= 4 is 11.7 Å². The van der Waals surface area contributed by atoms with Crippen LogP contribution >= 0.6 is 0 Å². The molecule has 24 heavy (non-hydrogen) atoms. The highest BCUT2D eigenvalue weighted by Gasteiger charge is 2.17. The zero-order valence-corrected chi connectivity index (χ0v) is 13.2. The first kappa shape index (κ1) is 16.0. The van der Waals surface area contributed by atoms with Crippen LogP contribution in [0.25, 0.3) is 0 Å². The van der Waals surface area contributed by atoms with Gasteiger partial charge in [-0.05, 0) is 43.0 Å². The van der Waals surface area contributed by atoms with Crippen LogP contribution in [0.15, 0.2) is 42.1 Å². The fraction of sp³-hybridized carbons (Fsp3) is 0.353. The van der Waals surface area contributed by atoms with Gasteiger partial charge in [-0.15, -0.1) is 0 Å². The third-order valence-electron chi connectivity index (χ3n) is 3.79. The van der Waals surface area contributed by atoms with E-state index in [0.29, 0.717) is 6.61 Å². The van der Waals surface area contributed by atoms with Crippen LogP contribution in [0.1, 0.15) is 24.0 Å². The molecule has 0 saturated carbocycles. The van der Waals surface area contributed by atoms with Crippen LogP contribution < -0.4 is 4.74 Å². The molecule has 0 spiro atoms. The molecule has 1 aromatic heterocycles. The lowest BCUT2D eigenvalue weighted by Crippen LogP contribution is -2.14. The van der Waals surface area contributed by atoms with Crippen LogP contribution in [0.3, 0.4) is 0 Å². The Morgan fingerprint density at radius 3 is 3.08 bits per heavy atom. The van der Waals surface area contributed by atoms with Gasteiger partial charge in [-0.25, -0.2) is 9.78 Å². The van der Waals surface area contributed by atoms with Gasteiger partial charge in [0, 0.05) is 18.0 Å². The fourth-order valence-electron chi connectivity index (χ4n) is 2.68. The maximum absolute atomic E-state index is 10.5. The maximum atomic E-state index is 10.5. The smallest absolute Gasteiger partial charge is 0.344 e. The number of nitrogens with zero attached hydrogens (tertiary/aromatic N) is 3. The van der Waals surface area contributed by atoms with Gasteiger partial charge in [0.05, 0.1) is 18.6 Å². The number of rotatable bonds is 7. The zero-order chi connectivity index (χ0) is 16.8. The second-order valence-corrected chi connectivity index (χ2v) is 5.53. The summed E-state index contributed by atoms with van der Waals surface area (Å²) in [6, 6.07) is 5.89. The van der Waals surface area contributed by atoms with Crippen LogP contribution in [0.5, 0.6) is 5.75 Å². The number of oxime groups is 1. The summed E-state index contributed by atoms with van der Waals surface area (Å²) in [5, 5.41) is 12.6. The van der Waals surface area contributed by atoms with Gasteiger partial charge in [0.1, 0.15) is 12.4 Å². The van der Waals surface area contributed by atoms with Crippen molar-refractivity contribution in [2.75, 3.05) is 13.2 Å². The van der Waals surface area contributed by atoms with Crippen molar-refractivity contribution in [3.8, 4) is 5.75 Å². The molecule has 0 aliphatic heterocycles. The predicted octanol–water partition coefficient (Wildman–Crippen LogP) is 2.10. The minimum atomic E-state index is -1.03. The first-order chi connectivity index (χ1) is 11.7. The number of carboxylic acid groups (broad SMARTS) is 1. The number of ether oxygens (including phenoxy) is 1. The third kappa shape index (κ3) is 4.13. The average molecular weight is 329 g/mol. The lowest BCUT2D eigenvalue weighted by Gasteiger charge is -2.18. The summed E-state index contributed by atoms with van der Waals surface area (Å²) in [4.78, 5) is 19.4. The topological polar surface area (TPSA) is 85.9 Å². The lowest BCUT2D eigenvalue weighted by atomic mass is 9.90. The molecule has 0 saturated heterocycles. The molecule has 0 fully saturated rings. The van der Waals surface area contributed by atoms with E-state index in [4.69, 9.17) is 14.7 Å². The van der Waals surface area contributed by atoms with Crippen molar-refractivity contribution in [3.05, 3.63) is 48.0 Å². The summed E-state index contributed by atoms with van der Waals surface area (Å²) in [6.45, 7) is 0.888. The van der Waals surface area contributed by atoms with Crippen LogP contribution in [-0.2, 0) is 22.6 Å². The molecule has 7 nitrogen and oxygen atoms in total. The highest BCUT2D eigenvalue weighted by atomic mass is 16.6. The first-order valence-corrected chi connectivity index (χ1v) is 7.85. The first-order valence-electron chi connectivity index (χ1n) is 7.85. The van der Waals surface area contributed by atoms with Crippen molar-refractivity contribution in [3.63, 3.8) is 0 Å². The summed E-state index contributed by atoms with van der Waals surface area (Å²) in [5.74, 6) is -0.210. The minimum Gasteiger partial charge on any atom is -0.492 e. The summed E-state index contributed by atoms with van der Waals surface area (Å²) in [5.41, 5.74) is 2.95. The average Bonchev–Trinajstić information content (AvgIpc) is 3.08. The molecule has 1 aromatic carbocycles. The molecule has 1 heterocycles. The largest absolute Gasteiger partial charge is 0.492 e. The van der Waals surface area contributed by atoms with Gasteiger partial charge in [0.15, 0.2) is 0 Å². The quantitative estimate of drug-likeness (QED) is 0.786. The molecule has 7 heteroatoms. The molecule has 0 radical (unpaired) electrons. The lowest BCUT2D eigenvalue weighted by molar-refractivity contribution is -0.142. The van der Waals surface area contributed by atoms with Crippen molar-refractivity contribution < 1.29 is 19.5 Å². The number of aliphatic carboxylic acids is 1. The number of imidazole rings is 1. The summed E-state index contributed by atoms with van der Waals surface area (Å²) in [7, 11) is 0. The number of aryl methyl sites for hydroxylation is 1. The Morgan fingerprint density at radius 2 is 2.29 bits per heavy atom. The van der Waals surface area contributed by atoms with Gasteiger partial charge >= 0.3 is 5.97 Å². The molecule has 2 aromatic rings. The maximum Gasteiger partial charge on any atom is 0.344 e. The second kappa shape index (κ2) is 7.63. The number of hydrogen-bond donors (Lipinski definition) is 1. The number of aromatic nitrogens is 2. The summed E-state index contributed by atoms with van der Waals surface area (Å²) >= 11 is 0. The van der Waals surface area contributed by atoms with Gasteiger partial charge in [0.2, 0.25) is 6.61 Å². The zero-order valence-electron chi connectivity index (χ0n) is 13.2. The van der Waals surface area contributed by atoms with E-state index in [1.165, 1.54) is 0 Å². The van der Waals surface area contributed by atoms with Gasteiger partial charge < -0.3 is 19.2 Å². The van der Waals surface area contributed by atoms with Crippen LogP contribution in [0, 0.1) is 0 Å². The Balaban J connectivity index is 1.63. The summed E-state index contributed by atoms with van der Waals surface area (Å²) < 4.78 is 7.76. The number of benzene rings is 1. The number of fused-ring (bicyclic) bond motifs is 1. The van der Waals surface area contributed by atoms with E-state index in [1.807, 2.05) is 29.0 Å². The molecule has 1 aliphatic carbocycles. The third-order valence-corrected chi connectivity index (χ3v) is 3.79. The summed E-state index contributed by atoms with van der Waals surface area (Å²) in [6.07, 6.45) is 8.10. The van der Waals surface area contributed by atoms with Gasteiger partial charge in [-0.1, -0.05) is 5.16 Å². The van der Waals surface area contributed by atoms with Crippen molar-refractivity contribution in [2.45, 2.75) is 25.8 Å². The van der Waals surface area contributed by atoms with Gasteiger partial charge in [-0.3, -0.25) is 0 Å². The van der Waals surface area contributed by atoms with Gasteiger partial charge in [0.25, 0.3) is 0 Å². The molecular formula is C17H19N3O4. The number of carboxylic acids is 1. The van der Waals surface area contributed by atoms with E-state index in [9.17, 15) is 4.79 Å². The Kier molecular flexibility index (Phi) is 5.10. The molecule has 0 atom stereocenters. The molecule has 0 bridgehead atoms. The SMILES string of the molecule is O=C(O)CO/N=C1/CCCc2cc(OCCn3ccnc3)ccc21. The Hall–Kier alpha value is -2.83. The predicted molar refractivity (Wildman–Crippen MR) is 87.2 cm³/mol. The number of hydrogen-bond acceptors (Lipinski definition) is 5. The highest BCUT2D eigenvalue weighted by Crippen LogP contribution is 2.26. The van der Waals surface area contributed by atoms with E-state index in [1.54, 1.807) is 12.5 Å². The van der Waals surface area contributed by atoms with E-state index < -0.39 is 12.6 Å². The van der Waals surface area contributed by atoms with E-state index in [2.05, 4.69) is 10.1 Å². The van der Waals surface area contributed by atoms with Crippen LogP contribution in [0.4, 0.5) is 0 Å². The van der Waals surface area contributed by atoms with E-state index in [0.717, 1.165) is 48.4 Å². The molecule has 0 amide bonds. The Morgan fingerprint density at radius 1 is 1.38 bits per heavy atom. The molecule has 3 rings (SSSR count). The highest BCUT2D eigenvalue weighted by molar-refractivity contribution is 6.02. The van der Waals surface area contributed by atoms with Crippen LogP contribution in [0.2, 0.25) is 0 Å². The van der Waals surface area contributed by atoms with E-state index >= 15 is 0 Å². The molecule has 1 N–H and O–H groups in total. The monoisotopic (exact) mass is 329 g/mol. The Bertz CT molecular complexity index is 725. The molecule has 0 unspecified atom stereocenters. The van der Waals surface area contributed by atoms with Crippen molar-refractivity contribution in [1.82, 2.24) is 9.55 Å². The van der Waals surface area contributed by atoms with E-state index in [-0.39, 0.29) is 0 Å².